The number of anilines is 1. The van der Waals surface area contributed by atoms with E-state index in [1.807, 2.05) is 7.05 Å². The minimum absolute atomic E-state index is 0.0847. The first kappa shape index (κ1) is 19.3. The average molecular weight is 392 g/mol. The van der Waals surface area contributed by atoms with Gasteiger partial charge in [0.05, 0.1) is 10.6 Å². The van der Waals surface area contributed by atoms with Crippen molar-refractivity contribution in [2.75, 3.05) is 38.7 Å². The van der Waals surface area contributed by atoms with Gasteiger partial charge in [-0.05, 0) is 49.5 Å². The van der Waals surface area contributed by atoms with Crippen molar-refractivity contribution in [1.82, 2.24) is 14.6 Å². The summed E-state index contributed by atoms with van der Waals surface area (Å²) in [6.07, 6.45) is 0. The fourth-order valence-electron chi connectivity index (χ4n) is 2.71. The molecule has 0 radical (unpaired) electrons. The van der Waals surface area contributed by atoms with Crippen molar-refractivity contribution in [3.05, 3.63) is 59.9 Å². The zero-order valence-corrected chi connectivity index (χ0v) is 15.7. The summed E-state index contributed by atoms with van der Waals surface area (Å²) in [5.41, 5.74) is 5.85. The van der Waals surface area contributed by atoms with Gasteiger partial charge in [-0.15, -0.1) is 0 Å². The van der Waals surface area contributed by atoms with E-state index in [1.165, 1.54) is 52.8 Å². The molecule has 144 valence electrons. The van der Waals surface area contributed by atoms with E-state index in [1.54, 1.807) is 0 Å². The average Bonchev–Trinajstić information content (AvgIpc) is 2.68. The largest absolute Gasteiger partial charge is 0.304 e. The minimum Gasteiger partial charge on any atom is -0.304 e. The molecule has 1 aliphatic rings. The normalized spacial score (nSPS) is 16.1. The first-order chi connectivity index (χ1) is 12.9. The minimum atomic E-state index is -3.65. The van der Waals surface area contributed by atoms with Gasteiger partial charge < -0.3 is 4.90 Å². The van der Waals surface area contributed by atoms with Crippen molar-refractivity contribution < 1.29 is 17.6 Å². The van der Waals surface area contributed by atoms with Gasteiger partial charge in [0.25, 0.3) is 5.91 Å². The van der Waals surface area contributed by atoms with Crippen molar-refractivity contribution in [3.8, 4) is 0 Å². The van der Waals surface area contributed by atoms with Crippen molar-refractivity contribution in [3.63, 3.8) is 0 Å². The van der Waals surface area contributed by atoms with Crippen LogP contribution >= 0.6 is 0 Å². The molecule has 7 nitrogen and oxygen atoms in total. The number of nitrogens with one attached hydrogen (secondary N) is 2. The van der Waals surface area contributed by atoms with Crippen LogP contribution < -0.4 is 10.9 Å². The zero-order valence-electron chi connectivity index (χ0n) is 14.9. The highest BCUT2D eigenvalue weighted by Gasteiger charge is 2.27. The molecule has 27 heavy (non-hydrogen) atoms. The van der Waals surface area contributed by atoms with Crippen LogP contribution in [0.5, 0.6) is 0 Å². The lowest BCUT2D eigenvalue weighted by Gasteiger charge is -2.31. The first-order valence-electron chi connectivity index (χ1n) is 8.47. The smallest absolute Gasteiger partial charge is 0.269 e. The molecule has 0 bridgehead atoms. The van der Waals surface area contributed by atoms with Crippen molar-refractivity contribution in [1.29, 1.82) is 0 Å². The molecule has 0 saturated carbocycles. The molecule has 0 aliphatic carbocycles. The number of benzene rings is 2. The van der Waals surface area contributed by atoms with Crippen LogP contribution in [0, 0.1) is 5.82 Å². The molecule has 1 heterocycles. The summed E-state index contributed by atoms with van der Waals surface area (Å²) in [5, 5.41) is 0. The van der Waals surface area contributed by atoms with Crippen LogP contribution in [0.1, 0.15) is 10.4 Å². The van der Waals surface area contributed by atoms with E-state index >= 15 is 0 Å². The van der Waals surface area contributed by atoms with Gasteiger partial charge in [-0.2, -0.15) is 4.31 Å². The van der Waals surface area contributed by atoms with Crippen molar-refractivity contribution >= 4 is 21.6 Å². The molecular formula is C18H21FN4O3S. The van der Waals surface area contributed by atoms with Crippen LogP contribution in [-0.2, 0) is 10.0 Å². The number of carbonyl (C=O) groups excluding carboxylic acids is 1. The van der Waals surface area contributed by atoms with Gasteiger partial charge in [0, 0.05) is 31.7 Å². The fraction of sp³-hybridized carbons (Fsp3) is 0.278. The number of sulfonamides is 1. The summed E-state index contributed by atoms with van der Waals surface area (Å²) >= 11 is 0. The SMILES string of the molecule is CN1CCN(S(=O)(=O)c2cccc(C(=O)NNc3ccc(F)cc3)c2)CC1. The summed E-state index contributed by atoms with van der Waals surface area (Å²) in [4.78, 5) is 14.5. The van der Waals surface area contributed by atoms with E-state index in [-0.39, 0.29) is 16.3 Å². The Hall–Kier alpha value is -2.49. The third-order valence-electron chi connectivity index (χ3n) is 4.36. The standard InChI is InChI=1S/C18H21FN4O3S/c1-22-9-11-23(12-10-22)27(25,26)17-4-2-3-14(13-17)18(24)21-20-16-7-5-15(19)6-8-16/h2-8,13,20H,9-12H2,1H3,(H,21,24). The Balaban J connectivity index is 1.70. The van der Waals surface area contributed by atoms with Gasteiger partial charge >= 0.3 is 0 Å². The van der Waals surface area contributed by atoms with Crippen LogP contribution in [-0.4, -0.2) is 56.8 Å². The summed E-state index contributed by atoms with van der Waals surface area (Å²) in [6.45, 7) is 2.17. The predicted octanol–water partition coefficient (Wildman–Crippen LogP) is 1.52. The Morgan fingerprint density at radius 1 is 1.04 bits per heavy atom. The Morgan fingerprint density at radius 2 is 1.70 bits per heavy atom. The molecule has 3 rings (SSSR count). The van der Waals surface area contributed by atoms with E-state index in [0.717, 1.165) is 0 Å². The van der Waals surface area contributed by atoms with E-state index in [9.17, 15) is 17.6 Å². The lowest BCUT2D eigenvalue weighted by atomic mass is 10.2. The molecule has 0 aromatic heterocycles. The number of hydrogen-bond acceptors (Lipinski definition) is 5. The summed E-state index contributed by atoms with van der Waals surface area (Å²) in [5.74, 6) is -0.872. The van der Waals surface area contributed by atoms with Crippen LogP contribution in [0.25, 0.3) is 0 Å². The van der Waals surface area contributed by atoms with Crippen LogP contribution in [0.4, 0.5) is 10.1 Å². The maximum atomic E-state index is 12.9. The van der Waals surface area contributed by atoms with Gasteiger partial charge in [0.15, 0.2) is 0 Å². The highest BCUT2D eigenvalue weighted by molar-refractivity contribution is 7.89. The molecule has 0 unspecified atom stereocenters. The topological polar surface area (TPSA) is 81.8 Å². The first-order valence-corrected chi connectivity index (χ1v) is 9.91. The lowest BCUT2D eigenvalue weighted by Crippen LogP contribution is -2.47. The number of amides is 1. The number of halogens is 1. The molecule has 0 atom stereocenters. The molecule has 2 N–H and O–H groups in total. The monoisotopic (exact) mass is 392 g/mol. The van der Waals surface area contributed by atoms with Gasteiger partial charge in [-0.1, -0.05) is 6.07 Å². The number of piperazine rings is 1. The number of hydrogen-bond donors (Lipinski definition) is 2. The molecule has 2 aromatic carbocycles. The van der Waals surface area contributed by atoms with Crippen molar-refractivity contribution in [2.45, 2.75) is 4.90 Å². The van der Waals surface area contributed by atoms with Gasteiger partial charge in [0.1, 0.15) is 5.82 Å². The van der Waals surface area contributed by atoms with Crippen molar-refractivity contribution in [2.24, 2.45) is 0 Å². The lowest BCUT2D eigenvalue weighted by molar-refractivity contribution is 0.0962. The molecule has 1 fully saturated rings. The Morgan fingerprint density at radius 3 is 2.37 bits per heavy atom. The fourth-order valence-corrected chi connectivity index (χ4v) is 4.18. The highest BCUT2D eigenvalue weighted by Crippen LogP contribution is 2.18. The summed E-state index contributed by atoms with van der Waals surface area (Å²) in [7, 11) is -1.70. The Bertz CT molecular complexity index is 910. The predicted molar refractivity (Wildman–Crippen MR) is 100 cm³/mol. The number of nitrogens with zero attached hydrogens (tertiary/aromatic N) is 2. The number of rotatable bonds is 5. The van der Waals surface area contributed by atoms with Crippen LogP contribution in [0.15, 0.2) is 53.4 Å². The summed E-state index contributed by atoms with van der Waals surface area (Å²) < 4.78 is 39.9. The molecule has 0 spiro atoms. The third-order valence-corrected chi connectivity index (χ3v) is 6.26. The zero-order chi connectivity index (χ0) is 19.4. The molecule has 2 aromatic rings. The molecule has 1 saturated heterocycles. The molecule has 1 aliphatic heterocycles. The third kappa shape index (κ3) is 4.62. The highest BCUT2D eigenvalue weighted by atomic mass is 32.2. The second-order valence-electron chi connectivity index (χ2n) is 6.32. The Labute approximate surface area is 157 Å². The molecule has 1 amide bonds. The second kappa shape index (κ2) is 8.03. The van der Waals surface area contributed by atoms with E-state index in [0.29, 0.717) is 31.9 Å². The van der Waals surface area contributed by atoms with E-state index < -0.39 is 15.9 Å². The maximum Gasteiger partial charge on any atom is 0.269 e. The quantitative estimate of drug-likeness (QED) is 0.754. The molecular weight excluding hydrogens is 371 g/mol. The van der Waals surface area contributed by atoms with Crippen LogP contribution in [0.3, 0.4) is 0 Å². The van der Waals surface area contributed by atoms with Gasteiger partial charge in [-0.3, -0.25) is 15.6 Å². The number of likely N-dealkylation sites (N-methyl/N-ethyl adjacent to an activating group) is 1. The second-order valence-corrected chi connectivity index (χ2v) is 8.26. The van der Waals surface area contributed by atoms with E-state index in [2.05, 4.69) is 15.8 Å². The molecule has 9 heteroatoms. The Kier molecular flexibility index (Phi) is 5.73. The van der Waals surface area contributed by atoms with E-state index in [4.69, 9.17) is 0 Å². The summed E-state index contributed by atoms with van der Waals surface area (Å²) in [6, 6.07) is 11.4. The van der Waals surface area contributed by atoms with Gasteiger partial charge in [-0.25, -0.2) is 12.8 Å². The van der Waals surface area contributed by atoms with Crippen LogP contribution in [0.2, 0.25) is 0 Å². The number of hydrazine groups is 1. The number of carbonyl (C=O) groups is 1. The van der Waals surface area contributed by atoms with Gasteiger partial charge in [0.2, 0.25) is 10.0 Å². The maximum absolute atomic E-state index is 12.9.